The minimum absolute atomic E-state index is 0.147. The van der Waals surface area contributed by atoms with Gasteiger partial charge in [0.15, 0.2) is 4.80 Å². The van der Waals surface area contributed by atoms with Crippen LogP contribution >= 0.6 is 11.3 Å². The zero-order valence-electron chi connectivity index (χ0n) is 15.9. The van der Waals surface area contributed by atoms with E-state index in [0.717, 1.165) is 29.7 Å². The molecule has 1 aromatic heterocycles. The number of aryl methyl sites for hydroxylation is 3. The van der Waals surface area contributed by atoms with Crippen molar-refractivity contribution in [3.63, 3.8) is 0 Å². The van der Waals surface area contributed by atoms with Crippen molar-refractivity contribution in [3.05, 3.63) is 76.1 Å². The molecule has 1 aliphatic rings. The van der Waals surface area contributed by atoms with Gasteiger partial charge in [-0.25, -0.2) is 0 Å². The topological polar surface area (TPSA) is 34.4 Å². The number of thiazole rings is 1. The van der Waals surface area contributed by atoms with Gasteiger partial charge in [-0.1, -0.05) is 47.7 Å². The largest absolute Gasteiger partial charge is 0.317 e. The van der Waals surface area contributed by atoms with Gasteiger partial charge in [0.2, 0.25) is 0 Å². The molecular formula is C24H22N2OS. The lowest BCUT2D eigenvalue weighted by atomic mass is 9.90. The number of amides is 1. The van der Waals surface area contributed by atoms with Crippen molar-refractivity contribution < 1.29 is 4.79 Å². The van der Waals surface area contributed by atoms with E-state index in [2.05, 4.69) is 65.0 Å². The molecule has 0 unspecified atom stereocenters. The second kappa shape index (κ2) is 7.02. The Hall–Kier alpha value is -2.72. The molecule has 5 rings (SSSR count). The first-order valence-electron chi connectivity index (χ1n) is 9.96. The van der Waals surface area contributed by atoms with Crippen LogP contribution in [0.3, 0.4) is 0 Å². The fourth-order valence-corrected chi connectivity index (χ4v) is 5.43. The Kier molecular flexibility index (Phi) is 4.36. The fourth-order valence-electron chi connectivity index (χ4n) is 4.21. The molecule has 3 aromatic carbocycles. The van der Waals surface area contributed by atoms with Crippen molar-refractivity contribution in [2.24, 2.45) is 4.99 Å². The molecule has 0 fully saturated rings. The van der Waals surface area contributed by atoms with E-state index in [9.17, 15) is 4.79 Å². The number of hydrogen-bond donors (Lipinski definition) is 0. The van der Waals surface area contributed by atoms with Crippen molar-refractivity contribution in [2.45, 2.75) is 39.2 Å². The maximum absolute atomic E-state index is 12.9. The number of carbonyl (C=O) groups excluding carboxylic acids is 1. The summed E-state index contributed by atoms with van der Waals surface area (Å²) in [6.07, 6.45) is 4.65. The molecule has 4 aromatic rings. The van der Waals surface area contributed by atoms with Crippen molar-refractivity contribution in [3.8, 4) is 0 Å². The first-order chi connectivity index (χ1) is 13.7. The maximum Gasteiger partial charge on any atom is 0.279 e. The Labute approximate surface area is 168 Å². The van der Waals surface area contributed by atoms with Gasteiger partial charge in [-0.3, -0.25) is 4.79 Å². The standard InChI is InChI=1S/C24H22N2OS/c1-2-26-21-14-13-17-8-5-6-10-20(17)22(21)28-24(26)25-23(27)19-12-11-16-7-3-4-9-18(16)15-19/h5-6,8,10-15H,2-4,7,9H2,1H3. The minimum atomic E-state index is -0.147. The Morgan fingerprint density at radius 3 is 2.71 bits per heavy atom. The molecule has 0 spiro atoms. The molecule has 140 valence electrons. The highest BCUT2D eigenvalue weighted by Crippen LogP contribution is 2.28. The van der Waals surface area contributed by atoms with E-state index in [0.29, 0.717) is 5.56 Å². The second-order valence-electron chi connectivity index (χ2n) is 7.37. The molecule has 1 amide bonds. The molecule has 0 radical (unpaired) electrons. The smallest absolute Gasteiger partial charge is 0.279 e. The van der Waals surface area contributed by atoms with Gasteiger partial charge in [-0.2, -0.15) is 4.99 Å². The van der Waals surface area contributed by atoms with Crippen molar-refractivity contribution in [1.82, 2.24) is 4.57 Å². The zero-order chi connectivity index (χ0) is 19.1. The van der Waals surface area contributed by atoms with E-state index >= 15 is 0 Å². The number of fused-ring (bicyclic) bond motifs is 4. The number of benzene rings is 3. The molecule has 28 heavy (non-hydrogen) atoms. The highest BCUT2D eigenvalue weighted by Gasteiger charge is 2.14. The summed E-state index contributed by atoms with van der Waals surface area (Å²) in [4.78, 5) is 18.2. The number of rotatable bonds is 2. The summed E-state index contributed by atoms with van der Waals surface area (Å²) < 4.78 is 3.33. The lowest BCUT2D eigenvalue weighted by Gasteiger charge is -2.15. The number of hydrogen-bond acceptors (Lipinski definition) is 2. The predicted molar refractivity (Wildman–Crippen MR) is 116 cm³/mol. The van der Waals surface area contributed by atoms with Crippen LogP contribution in [-0.4, -0.2) is 10.5 Å². The van der Waals surface area contributed by atoms with Crippen molar-refractivity contribution in [1.29, 1.82) is 0 Å². The van der Waals surface area contributed by atoms with E-state index in [1.165, 1.54) is 39.4 Å². The van der Waals surface area contributed by atoms with Gasteiger partial charge < -0.3 is 4.57 Å². The second-order valence-corrected chi connectivity index (χ2v) is 8.35. The third-order valence-corrected chi connectivity index (χ3v) is 6.81. The first-order valence-corrected chi connectivity index (χ1v) is 10.8. The molecule has 0 saturated heterocycles. The monoisotopic (exact) mass is 386 g/mol. The lowest BCUT2D eigenvalue weighted by Crippen LogP contribution is -2.16. The van der Waals surface area contributed by atoms with Gasteiger partial charge in [0.25, 0.3) is 5.91 Å². The van der Waals surface area contributed by atoms with Gasteiger partial charge in [-0.05, 0) is 67.3 Å². The van der Waals surface area contributed by atoms with E-state index in [-0.39, 0.29) is 5.91 Å². The molecule has 1 heterocycles. The van der Waals surface area contributed by atoms with Gasteiger partial charge in [0.05, 0.1) is 10.2 Å². The molecule has 0 saturated carbocycles. The summed E-state index contributed by atoms with van der Waals surface area (Å²) in [5.41, 5.74) is 4.55. The van der Waals surface area contributed by atoms with E-state index < -0.39 is 0 Å². The van der Waals surface area contributed by atoms with Crippen molar-refractivity contribution in [2.75, 3.05) is 0 Å². The van der Waals surface area contributed by atoms with Crippen LogP contribution in [-0.2, 0) is 19.4 Å². The summed E-state index contributed by atoms with van der Waals surface area (Å²) >= 11 is 1.61. The molecule has 0 atom stereocenters. The van der Waals surface area contributed by atoms with Gasteiger partial charge in [-0.15, -0.1) is 0 Å². The Morgan fingerprint density at radius 2 is 1.86 bits per heavy atom. The molecule has 1 aliphatic carbocycles. The first kappa shape index (κ1) is 17.4. The number of nitrogens with zero attached hydrogens (tertiary/aromatic N) is 2. The summed E-state index contributed by atoms with van der Waals surface area (Å²) in [5, 5.41) is 2.43. The fraction of sp³-hybridized carbons (Fsp3) is 0.250. The predicted octanol–water partition coefficient (Wildman–Crippen LogP) is 5.50. The highest BCUT2D eigenvalue weighted by molar-refractivity contribution is 7.17. The summed E-state index contributed by atoms with van der Waals surface area (Å²) in [7, 11) is 0. The number of carbonyl (C=O) groups is 1. The van der Waals surface area contributed by atoms with Crippen LogP contribution in [0.1, 0.15) is 41.3 Å². The van der Waals surface area contributed by atoms with Crippen LogP contribution in [0, 0.1) is 0 Å². The highest BCUT2D eigenvalue weighted by atomic mass is 32.1. The average molecular weight is 387 g/mol. The van der Waals surface area contributed by atoms with Gasteiger partial charge in [0.1, 0.15) is 0 Å². The van der Waals surface area contributed by atoms with E-state index in [1.807, 2.05) is 6.07 Å². The Morgan fingerprint density at radius 1 is 1.04 bits per heavy atom. The van der Waals surface area contributed by atoms with Crippen molar-refractivity contribution >= 4 is 38.2 Å². The summed E-state index contributed by atoms with van der Waals surface area (Å²) in [6.45, 7) is 2.89. The van der Waals surface area contributed by atoms with E-state index in [1.54, 1.807) is 11.3 Å². The maximum atomic E-state index is 12.9. The Balaban J connectivity index is 1.64. The van der Waals surface area contributed by atoms with Gasteiger partial charge in [0, 0.05) is 17.5 Å². The van der Waals surface area contributed by atoms with Gasteiger partial charge >= 0.3 is 0 Å². The third-order valence-electron chi connectivity index (χ3n) is 5.68. The Bertz CT molecular complexity index is 1280. The summed E-state index contributed by atoms with van der Waals surface area (Å²) in [6, 6.07) is 18.8. The van der Waals surface area contributed by atoms with Crippen LogP contribution in [0.5, 0.6) is 0 Å². The third kappa shape index (κ3) is 2.89. The molecule has 0 aliphatic heterocycles. The van der Waals surface area contributed by atoms with Crippen LogP contribution < -0.4 is 4.80 Å². The molecular weight excluding hydrogens is 364 g/mol. The molecule has 0 N–H and O–H groups in total. The molecule has 3 nitrogen and oxygen atoms in total. The zero-order valence-corrected chi connectivity index (χ0v) is 16.8. The van der Waals surface area contributed by atoms with Crippen LogP contribution in [0.15, 0.2) is 59.6 Å². The SMILES string of the molecule is CCn1c(=NC(=O)c2ccc3c(c2)CCCC3)sc2c3ccccc3ccc21. The van der Waals surface area contributed by atoms with Crippen LogP contribution in [0.25, 0.3) is 21.0 Å². The van der Waals surface area contributed by atoms with Crippen LogP contribution in [0.2, 0.25) is 0 Å². The quantitative estimate of drug-likeness (QED) is 0.448. The molecule has 4 heteroatoms. The van der Waals surface area contributed by atoms with E-state index in [4.69, 9.17) is 0 Å². The minimum Gasteiger partial charge on any atom is -0.317 e. The average Bonchev–Trinajstić information content (AvgIpc) is 3.10. The molecule has 0 bridgehead atoms. The van der Waals surface area contributed by atoms with Crippen LogP contribution in [0.4, 0.5) is 0 Å². The normalized spacial score (nSPS) is 14.5. The lowest BCUT2D eigenvalue weighted by molar-refractivity contribution is 0.0997. The summed E-state index contributed by atoms with van der Waals surface area (Å²) in [5.74, 6) is -0.147. The number of aromatic nitrogens is 1.